The number of carbonyl (C=O) groups is 1. The van der Waals surface area contributed by atoms with E-state index in [1.54, 1.807) is 0 Å². The van der Waals surface area contributed by atoms with Crippen LogP contribution in [-0.4, -0.2) is 34.5 Å². The smallest absolute Gasteiger partial charge is 0.306 e. The summed E-state index contributed by atoms with van der Waals surface area (Å²) in [6, 6.07) is 0. The molecule has 12 atom stereocenters. The minimum absolute atomic E-state index is 0.0254. The third-order valence-electron chi connectivity index (χ3n) is 17.8. The Morgan fingerprint density at radius 3 is 1.81 bits per heavy atom. The molecule has 5 rings (SSSR count). The number of unbranched alkanes of at least 4 members (excludes halogenated alkanes) is 14. The molecule has 12 unspecified atom stereocenters. The fraction of sp³-hybridized carbons (Fsp3) is 0.938. The summed E-state index contributed by atoms with van der Waals surface area (Å²) in [6.07, 6.45) is 27.5. The molecular formula is C48H84O4. The summed E-state index contributed by atoms with van der Waals surface area (Å²) in [5.41, 5.74) is 0.581. The van der Waals surface area contributed by atoms with Crippen LogP contribution in [-0.2, 0) is 9.53 Å². The van der Waals surface area contributed by atoms with Crippen LogP contribution in [0, 0.1) is 56.7 Å². The quantitative estimate of drug-likeness (QED) is 0.0839. The van der Waals surface area contributed by atoms with Gasteiger partial charge in [0.1, 0.15) is 6.10 Å². The lowest BCUT2D eigenvalue weighted by Crippen LogP contribution is -2.73. The van der Waals surface area contributed by atoms with E-state index in [-0.39, 0.29) is 45.1 Å². The molecule has 5 fully saturated rings. The molecule has 0 saturated heterocycles. The Labute approximate surface area is 321 Å². The second-order valence-corrected chi connectivity index (χ2v) is 21.0. The Balaban J connectivity index is 1.11. The summed E-state index contributed by atoms with van der Waals surface area (Å²) in [7, 11) is 0. The molecule has 0 aromatic rings. The molecule has 4 nitrogen and oxygen atoms in total. The van der Waals surface area contributed by atoms with Gasteiger partial charge in [0.25, 0.3) is 0 Å². The lowest BCUT2D eigenvalue weighted by Gasteiger charge is -2.74. The molecule has 0 amide bonds. The van der Waals surface area contributed by atoms with E-state index in [0.717, 1.165) is 51.4 Å². The summed E-state index contributed by atoms with van der Waals surface area (Å²) in [4.78, 5) is 13.2. The molecule has 5 aliphatic carbocycles. The van der Waals surface area contributed by atoms with Gasteiger partial charge in [-0.1, -0.05) is 151 Å². The minimum Gasteiger partial charge on any atom is -0.462 e. The average Bonchev–Trinajstić information content (AvgIpc) is 3.43. The third kappa shape index (κ3) is 7.76. The van der Waals surface area contributed by atoms with E-state index in [1.807, 2.05) is 0 Å². The van der Waals surface area contributed by atoms with Crippen molar-refractivity contribution >= 4 is 5.97 Å². The molecule has 0 aromatic carbocycles. The first-order valence-electron chi connectivity index (χ1n) is 22.8. The van der Waals surface area contributed by atoms with Crippen LogP contribution in [0.2, 0.25) is 0 Å². The van der Waals surface area contributed by atoms with E-state index in [1.165, 1.54) is 102 Å². The van der Waals surface area contributed by atoms with Crippen molar-refractivity contribution in [2.45, 2.75) is 228 Å². The highest BCUT2D eigenvalue weighted by Crippen LogP contribution is 2.77. The Kier molecular flexibility index (Phi) is 13.9. The number of aliphatic hydroxyl groups is 2. The van der Waals surface area contributed by atoms with Gasteiger partial charge in [0.15, 0.2) is 0 Å². The van der Waals surface area contributed by atoms with Crippen molar-refractivity contribution in [2.75, 3.05) is 0 Å². The molecule has 0 spiro atoms. The number of allylic oxidation sites excluding steroid dienone is 1. The maximum absolute atomic E-state index is 13.2. The zero-order valence-electron chi connectivity index (χ0n) is 35.5. The molecular weight excluding hydrogens is 641 g/mol. The molecule has 0 aliphatic heterocycles. The molecule has 5 aliphatic rings. The van der Waals surface area contributed by atoms with Gasteiger partial charge in [0.2, 0.25) is 0 Å². The van der Waals surface area contributed by atoms with Gasteiger partial charge in [-0.15, -0.1) is 0 Å². The van der Waals surface area contributed by atoms with Crippen LogP contribution in [0.1, 0.15) is 209 Å². The van der Waals surface area contributed by atoms with Gasteiger partial charge in [-0.05, 0) is 105 Å². The fourth-order valence-electron chi connectivity index (χ4n) is 14.6. The van der Waals surface area contributed by atoms with Crippen LogP contribution in [0.15, 0.2) is 12.2 Å². The van der Waals surface area contributed by atoms with Gasteiger partial charge in [-0.2, -0.15) is 0 Å². The Morgan fingerprint density at radius 2 is 1.25 bits per heavy atom. The SMILES string of the molecule is C=C(C)C1CCC2(C)CC(O)C3(C)C(CCC4C5(C)CCC(OC(=O)CCCCCCCCCCCCCCCCC)C(C)(C)C5CC(O)C43C)C12. The van der Waals surface area contributed by atoms with Gasteiger partial charge >= 0.3 is 5.97 Å². The van der Waals surface area contributed by atoms with Gasteiger partial charge < -0.3 is 14.9 Å². The van der Waals surface area contributed by atoms with Gasteiger partial charge in [0.05, 0.1) is 12.2 Å². The van der Waals surface area contributed by atoms with Crippen molar-refractivity contribution in [1.29, 1.82) is 0 Å². The molecule has 0 aromatic heterocycles. The van der Waals surface area contributed by atoms with Crippen molar-refractivity contribution in [3.8, 4) is 0 Å². The predicted octanol–water partition coefficient (Wildman–Crippen LogP) is 12.8. The lowest BCUT2D eigenvalue weighted by molar-refractivity contribution is -0.306. The highest BCUT2D eigenvalue weighted by Gasteiger charge is 2.75. The molecule has 300 valence electrons. The molecule has 2 N–H and O–H groups in total. The van der Waals surface area contributed by atoms with E-state index in [9.17, 15) is 15.0 Å². The zero-order chi connectivity index (χ0) is 38.0. The summed E-state index contributed by atoms with van der Waals surface area (Å²) in [5, 5.41) is 24.7. The first kappa shape index (κ1) is 42.3. The number of hydrogen-bond donors (Lipinski definition) is 2. The highest BCUT2D eigenvalue weighted by atomic mass is 16.5. The number of hydrogen-bond acceptors (Lipinski definition) is 4. The molecule has 0 bridgehead atoms. The van der Waals surface area contributed by atoms with Crippen molar-refractivity contribution < 1.29 is 19.7 Å². The van der Waals surface area contributed by atoms with Crippen LogP contribution in [0.4, 0.5) is 0 Å². The number of rotatable bonds is 18. The van der Waals surface area contributed by atoms with Crippen molar-refractivity contribution in [3.63, 3.8) is 0 Å². The van der Waals surface area contributed by atoms with Crippen LogP contribution in [0.5, 0.6) is 0 Å². The number of esters is 1. The van der Waals surface area contributed by atoms with E-state index in [2.05, 4.69) is 62.0 Å². The Morgan fingerprint density at radius 1 is 0.692 bits per heavy atom. The average molecular weight is 725 g/mol. The number of ether oxygens (including phenoxy) is 1. The van der Waals surface area contributed by atoms with E-state index in [0.29, 0.717) is 30.1 Å². The highest BCUT2D eigenvalue weighted by molar-refractivity contribution is 5.69. The first-order valence-corrected chi connectivity index (χ1v) is 22.8. The zero-order valence-corrected chi connectivity index (χ0v) is 35.5. The fourth-order valence-corrected chi connectivity index (χ4v) is 14.6. The number of aliphatic hydroxyl groups excluding tert-OH is 2. The maximum atomic E-state index is 13.2. The van der Waals surface area contributed by atoms with Gasteiger partial charge in [-0.3, -0.25) is 4.79 Å². The van der Waals surface area contributed by atoms with Gasteiger partial charge in [0, 0.05) is 22.7 Å². The normalized spacial score (nSPS) is 42.1. The van der Waals surface area contributed by atoms with Crippen LogP contribution in [0.25, 0.3) is 0 Å². The minimum atomic E-state index is -0.485. The van der Waals surface area contributed by atoms with Crippen LogP contribution in [0.3, 0.4) is 0 Å². The predicted molar refractivity (Wildman–Crippen MR) is 217 cm³/mol. The third-order valence-corrected chi connectivity index (χ3v) is 17.8. The van der Waals surface area contributed by atoms with Crippen molar-refractivity contribution in [2.24, 2.45) is 56.7 Å². The summed E-state index contributed by atoms with van der Waals surface area (Å²) in [5.74, 6) is 2.02. The molecule has 52 heavy (non-hydrogen) atoms. The van der Waals surface area contributed by atoms with Gasteiger partial charge in [-0.25, -0.2) is 0 Å². The van der Waals surface area contributed by atoms with E-state index in [4.69, 9.17) is 4.74 Å². The van der Waals surface area contributed by atoms with Crippen LogP contribution >= 0.6 is 0 Å². The second-order valence-electron chi connectivity index (χ2n) is 21.0. The van der Waals surface area contributed by atoms with Crippen molar-refractivity contribution in [3.05, 3.63) is 12.2 Å². The van der Waals surface area contributed by atoms with E-state index < -0.39 is 12.2 Å². The molecule has 4 heteroatoms. The molecule has 5 saturated carbocycles. The molecule has 0 heterocycles. The van der Waals surface area contributed by atoms with Crippen molar-refractivity contribution in [1.82, 2.24) is 0 Å². The second kappa shape index (κ2) is 17.1. The van der Waals surface area contributed by atoms with Crippen LogP contribution < -0.4 is 0 Å². The summed E-state index contributed by atoms with van der Waals surface area (Å²) in [6.45, 7) is 23.3. The maximum Gasteiger partial charge on any atom is 0.306 e. The number of carbonyl (C=O) groups excluding carboxylic acids is 1. The first-order chi connectivity index (χ1) is 24.6. The Bertz CT molecular complexity index is 1190. The molecule has 0 radical (unpaired) electrons. The summed E-state index contributed by atoms with van der Waals surface area (Å²) < 4.78 is 6.36. The van der Waals surface area contributed by atoms with E-state index >= 15 is 0 Å². The largest absolute Gasteiger partial charge is 0.462 e. The topological polar surface area (TPSA) is 66.8 Å². The summed E-state index contributed by atoms with van der Waals surface area (Å²) >= 11 is 0. The Hall–Kier alpha value is -0.870. The monoisotopic (exact) mass is 725 g/mol. The standard InChI is InChI=1S/C48H84O4/c1-10-11-12-13-14-15-16-17-18-19-20-21-22-23-24-25-42(51)52-41-29-31-46(7)37-27-26-36-43-35(34(2)3)28-30-45(43,6)33-40(50)47(36,8)48(37,9)39(49)32-38(46)44(41,4)5/h35-41,43,49-50H,2,10-33H2,1,3-9H3. The number of fused-ring (bicyclic) bond motifs is 7. The lowest BCUT2D eigenvalue weighted by atomic mass is 9.31.